The van der Waals surface area contributed by atoms with Crippen molar-refractivity contribution in [1.29, 1.82) is 0 Å². The van der Waals surface area contributed by atoms with Crippen LogP contribution in [0.5, 0.6) is 0 Å². The van der Waals surface area contributed by atoms with Crippen LogP contribution >= 0.6 is 0 Å². The van der Waals surface area contributed by atoms with E-state index in [0.717, 1.165) is 37.9 Å². The average molecular weight is 378 g/mol. The topological polar surface area (TPSA) is 29.5 Å². The summed E-state index contributed by atoms with van der Waals surface area (Å²) in [6, 6.07) is 32.7. The van der Waals surface area contributed by atoms with Gasteiger partial charge in [-0.05, 0) is 32.3 Å². The maximum atomic E-state index is 11.8. The molecule has 1 aliphatic rings. The summed E-state index contributed by atoms with van der Waals surface area (Å²) in [4.78, 5) is 0. The first-order chi connectivity index (χ1) is 14.2. The smallest absolute Gasteiger partial charge is 0.197 e. The van der Waals surface area contributed by atoms with Crippen LogP contribution in [0.2, 0.25) is 0 Å². The summed E-state index contributed by atoms with van der Waals surface area (Å²) in [6.07, 6.45) is 2.48. The Morgan fingerprint density at radius 1 is 0.759 bits per heavy atom. The lowest BCUT2D eigenvalue weighted by atomic mass is 9.86. The largest absolute Gasteiger partial charge is 0.361 e. The van der Waals surface area contributed by atoms with Gasteiger partial charge in [0.15, 0.2) is 5.79 Å². The highest BCUT2D eigenvalue weighted by atomic mass is 16.6. The molecule has 5 rings (SSSR count). The number of ether oxygens (including phenoxy) is 1. The number of hydrogen-bond donors (Lipinski definition) is 1. The summed E-state index contributed by atoms with van der Waals surface area (Å²) in [5.41, 5.74) is 2.89. The molecule has 2 heteroatoms. The fourth-order valence-corrected chi connectivity index (χ4v) is 4.17. The lowest BCUT2D eigenvalue weighted by Gasteiger charge is -2.33. The molecule has 0 amide bonds. The van der Waals surface area contributed by atoms with Gasteiger partial charge in [-0.15, -0.1) is 0 Å². The fourth-order valence-electron chi connectivity index (χ4n) is 4.17. The number of hydrogen-bond acceptors (Lipinski definition) is 2. The Morgan fingerprint density at radius 2 is 1.48 bits per heavy atom. The number of aliphatic hydroxyl groups is 1. The van der Waals surface area contributed by atoms with Crippen molar-refractivity contribution in [1.82, 2.24) is 0 Å². The normalized spacial score (nSPS) is 18.3. The molecule has 0 unspecified atom stereocenters. The van der Waals surface area contributed by atoms with Gasteiger partial charge in [0.25, 0.3) is 0 Å². The van der Waals surface area contributed by atoms with Gasteiger partial charge in [-0.1, -0.05) is 103 Å². The van der Waals surface area contributed by atoms with E-state index in [1.807, 2.05) is 60.7 Å². The molecule has 1 N–H and O–H groups in total. The molecule has 142 valence electrons. The molecule has 29 heavy (non-hydrogen) atoms. The molecule has 0 saturated carbocycles. The second-order valence-electron chi connectivity index (χ2n) is 7.46. The van der Waals surface area contributed by atoms with Crippen LogP contribution < -0.4 is 10.4 Å². The molecule has 1 aliphatic carbocycles. The van der Waals surface area contributed by atoms with Gasteiger partial charge in [-0.25, -0.2) is 0 Å². The van der Waals surface area contributed by atoms with Crippen molar-refractivity contribution in [3.05, 3.63) is 119 Å². The molecular formula is C27H22O2. The lowest BCUT2D eigenvalue weighted by Crippen LogP contribution is -2.45. The molecule has 1 atom stereocenters. The van der Waals surface area contributed by atoms with Gasteiger partial charge in [-0.3, -0.25) is 0 Å². The molecule has 0 radical (unpaired) electrons. The predicted molar refractivity (Wildman–Crippen MR) is 117 cm³/mol. The Kier molecular flexibility index (Phi) is 4.51. The Bertz CT molecular complexity index is 1290. The van der Waals surface area contributed by atoms with Crippen molar-refractivity contribution in [2.75, 3.05) is 0 Å². The van der Waals surface area contributed by atoms with E-state index in [1.165, 1.54) is 0 Å². The molecule has 0 saturated heterocycles. The molecule has 0 bridgehead atoms. The van der Waals surface area contributed by atoms with E-state index in [1.54, 1.807) is 0 Å². The number of rotatable bonds is 4. The quantitative estimate of drug-likeness (QED) is 0.541. The molecule has 4 aromatic rings. The molecule has 2 nitrogen and oxygen atoms in total. The molecule has 0 spiro atoms. The third kappa shape index (κ3) is 3.27. The van der Waals surface area contributed by atoms with Crippen LogP contribution in [0, 0.1) is 0 Å². The van der Waals surface area contributed by atoms with Crippen LogP contribution in [0.25, 0.3) is 22.4 Å². The highest BCUT2D eigenvalue weighted by molar-refractivity contribution is 5.95. The van der Waals surface area contributed by atoms with Gasteiger partial charge >= 0.3 is 0 Å². The fraction of sp³-hybridized carbons (Fsp3) is 0.111. The Labute approximate surface area is 170 Å². The van der Waals surface area contributed by atoms with E-state index >= 15 is 0 Å². The molecule has 0 fully saturated rings. The van der Waals surface area contributed by atoms with Gasteiger partial charge < -0.3 is 9.84 Å². The first-order valence-corrected chi connectivity index (χ1v) is 9.93. The van der Waals surface area contributed by atoms with E-state index in [9.17, 15) is 5.11 Å². The van der Waals surface area contributed by atoms with Crippen molar-refractivity contribution < 1.29 is 9.84 Å². The maximum absolute atomic E-state index is 11.8. The third-order valence-corrected chi connectivity index (χ3v) is 5.60. The van der Waals surface area contributed by atoms with E-state index in [4.69, 9.17) is 4.74 Å². The second kappa shape index (κ2) is 7.32. The zero-order chi connectivity index (χ0) is 19.7. The minimum absolute atomic E-state index is 0.349. The summed E-state index contributed by atoms with van der Waals surface area (Å²) >= 11 is 0. The Hall–Kier alpha value is -3.20. The van der Waals surface area contributed by atoms with Crippen LogP contribution in [0.3, 0.4) is 0 Å². The molecule has 0 aromatic heterocycles. The first-order valence-electron chi connectivity index (χ1n) is 9.93. The zero-order valence-electron chi connectivity index (χ0n) is 16.1. The van der Waals surface area contributed by atoms with E-state index in [-0.39, 0.29) is 0 Å². The average Bonchev–Trinajstić information content (AvgIpc) is 2.78. The standard InChI is InChI=1S/C27H22O2/c28-27(29-19-20-9-2-1-3-10-20)18-17-22-12-5-7-15-24(22)26(27)25-16-8-13-21-11-4-6-14-23(21)25/h1-17,28H,18-19H2/t27-/m1/s1. The van der Waals surface area contributed by atoms with Gasteiger partial charge in [0.1, 0.15) is 0 Å². The van der Waals surface area contributed by atoms with Gasteiger partial charge in [0, 0.05) is 12.0 Å². The predicted octanol–water partition coefficient (Wildman–Crippen LogP) is 4.13. The van der Waals surface area contributed by atoms with Crippen molar-refractivity contribution in [2.45, 2.75) is 18.8 Å². The van der Waals surface area contributed by atoms with E-state index < -0.39 is 5.79 Å². The van der Waals surface area contributed by atoms with E-state index in [2.05, 4.69) is 42.5 Å². The SMILES string of the molecule is O[C@@]1(OCc2ccccc2)CC=c2ccccc2=C1c1cccc2ccccc12. The molecule has 0 heterocycles. The van der Waals surface area contributed by atoms with E-state index in [0.29, 0.717) is 13.0 Å². The van der Waals surface area contributed by atoms with Crippen molar-refractivity contribution >= 4 is 22.4 Å². The van der Waals surface area contributed by atoms with Gasteiger partial charge in [0.2, 0.25) is 0 Å². The van der Waals surface area contributed by atoms with Crippen molar-refractivity contribution in [3.8, 4) is 0 Å². The Morgan fingerprint density at radius 3 is 2.38 bits per heavy atom. The summed E-state index contributed by atoms with van der Waals surface area (Å²) in [6.45, 7) is 0.349. The van der Waals surface area contributed by atoms with Crippen LogP contribution in [0.4, 0.5) is 0 Å². The summed E-state index contributed by atoms with van der Waals surface area (Å²) in [5.74, 6) is -1.39. The molecule has 4 aromatic carbocycles. The highest BCUT2D eigenvalue weighted by Gasteiger charge is 2.36. The van der Waals surface area contributed by atoms with Crippen LogP contribution in [0.15, 0.2) is 97.1 Å². The minimum Gasteiger partial charge on any atom is -0.361 e. The van der Waals surface area contributed by atoms with Gasteiger partial charge in [0.05, 0.1) is 6.61 Å². The lowest BCUT2D eigenvalue weighted by molar-refractivity contribution is -0.162. The Balaban J connectivity index is 1.71. The van der Waals surface area contributed by atoms with Crippen molar-refractivity contribution in [2.24, 2.45) is 0 Å². The van der Waals surface area contributed by atoms with Crippen LogP contribution in [-0.2, 0) is 11.3 Å². The number of benzene rings is 4. The van der Waals surface area contributed by atoms with Crippen molar-refractivity contribution in [3.63, 3.8) is 0 Å². The summed E-state index contributed by atoms with van der Waals surface area (Å²) in [5, 5.41) is 16.2. The third-order valence-electron chi connectivity index (χ3n) is 5.60. The van der Waals surface area contributed by atoms with Gasteiger partial charge in [-0.2, -0.15) is 0 Å². The minimum atomic E-state index is -1.39. The number of fused-ring (bicyclic) bond motifs is 2. The maximum Gasteiger partial charge on any atom is 0.197 e. The zero-order valence-corrected chi connectivity index (χ0v) is 16.1. The molecular weight excluding hydrogens is 356 g/mol. The van der Waals surface area contributed by atoms with Crippen LogP contribution in [0.1, 0.15) is 17.5 Å². The monoisotopic (exact) mass is 378 g/mol. The summed E-state index contributed by atoms with van der Waals surface area (Å²) in [7, 11) is 0. The molecule has 0 aliphatic heterocycles. The first kappa shape index (κ1) is 17.9. The second-order valence-corrected chi connectivity index (χ2v) is 7.46. The van der Waals surface area contributed by atoms with Crippen LogP contribution in [-0.4, -0.2) is 10.9 Å². The highest BCUT2D eigenvalue weighted by Crippen LogP contribution is 2.35. The summed E-state index contributed by atoms with van der Waals surface area (Å²) < 4.78 is 6.22.